The molecule has 0 aliphatic carbocycles. The van der Waals surface area contributed by atoms with Gasteiger partial charge in [0.1, 0.15) is 0 Å². The molecule has 4 nitrogen and oxygen atoms in total. The van der Waals surface area contributed by atoms with Crippen molar-refractivity contribution in [2.45, 2.75) is 33.1 Å². The minimum atomic E-state index is -0.246. The van der Waals surface area contributed by atoms with E-state index in [1.165, 1.54) is 18.9 Å². The van der Waals surface area contributed by atoms with Gasteiger partial charge in [-0.2, -0.15) is 11.8 Å². The summed E-state index contributed by atoms with van der Waals surface area (Å²) >= 11 is 1.43. The van der Waals surface area contributed by atoms with E-state index in [-0.39, 0.29) is 11.9 Å². The molecule has 0 saturated carbocycles. The van der Waals surface area contributed by atoms with Crippen LogP contribution >= 0.6 is 11.8 Å². The summed E-state index contributed by atoms with van der Waals surface area (Å²) in [5, 5.41) is 2.99. The Balaban J connectivity index is 2.53. The van der Waals surface area contributed by atoms with Crippen molar-refractivity contribution < 1.29 is 14.3 Å². The number of benzene rings is 1. The van der Waals surface area contributed by atoms with Gasteiger partial charge in [0.15, 0.2) is 0 Å². The van der Waals surface area contributed by atoms with Crippen molar-refractivity contribution in [1.29, 1.82) is 0 Å². The number of anilines is 1. The van der Waals surface area contributed by atoms with Gasteiger partial charge in [0.2, 0.25) is 5.91 Å². The lowest BCUT2D eigenvalue weighted by molar-refractivity contribution is -0.140. The highest BCUT2D eigenvalue weighted by Gasteiger charge is 2.12. The molecule has 1 N–H and O–H groups in total. The minimum absolute atomic E-state index is 0.0407. The summed E-state index contributed by atoms with van der Waals surface area (Å²) in [4.78, 5) is 23.0. The predicted octanol–water partition coefficient (Wildman–Crippen LogP) is 3.35. The number of methoxy groups -OCH3 is 1. The zero-order chi connectivity index (χ0) is 15.8. The van der Waals surface area contributed by atoms with Crippen molar-refractivity contribution in [1.82, 2.24) is 0 Å². The molecule has 0 fully saturated rings. The van der Waals surface area contributed by atoms with Gasteiger partial charge >= 0.3 is 5.97 Å². The number of amides is 1. The van der Waals surface area contributed by atoms with E-state index in [2.05, 4.69) is 23.9 Å². The summed E-state index contributed by atoms with van der Waals surface area (Å²) in [5.41, 5.74) is 3.11. The fraction of sp³-hybridized carbons (Fsp3) is 0.500. The maximum Gasteiger partial charge on any atom is 0.306 e. The van der Waals surface area contributed by atoms with E-state index in [1.807, 2.05) is 25.1 Å². The summed E-state index contributed by atoms with van der Waals surface area (Å²) in [6, 6.07) is 6.04. The second kappa shape index (κ2) is 8.72. The molecule has 0 aromatic heterocycles. The van der Waals surface area contributed by atoms with Gasteiger partial charge < -0.3 is 10.1 Å². The van der Waals surface area contributed by atoms with Crippen LogP contribution in [0.5, 0.6) is 0 Å². The van der Waals surface area contributed by atoms with E-state index in [9.17, 15) is 9.59 Å². The van der Waals surface area contributed by atoms with E-state index < -0.39 is 0 Å². The molecule has 1 aromatic rings. The van der Waals surface area contributed by atoms with Crippen molar-refractivity contribution in [2.24, 2.45) is 0 Å². The van der Waals surface area contributed by atoms with Crippen LogP contribution in [0, 0.1) is 6.92 Å². The molecule has 1 aromatic carbocycles. The Morgan fingerprint density at radius 1 is 1.33 bits per heavy atom. The average molecular weight is 309 g/mol. The van der Waals surface area contributed by atoms with Gasteiger partial charge in [-0.1, -0.05) is 32.0 Å². The number of hydrogen-bond donors (Lipinski definition) is 1. The monoisotopic (exact) mass is 309 g/mol. The van der Waals surface area contributed by atoms with Crippen LogP contribution in [-0.2, 0) is 14.3 Å². The number of hydrogen-bond acceptors (Lipinski definition) is 4. The topological polar surface area (TPSA) is 55.4 Å². The number of rotatable bonds is 7. The van der Waals surface area contributed by atoms with Gasteiger partial charge in [-0.15, -0.1) is 0 Å². The molecule has 0 heterocycles. The van der Waals surface area contributed by atoms with E-state index in [0.29, 0.717) is 23.8 Å². The quantitative estimate of drug-likeness (QED) is 0.620. The molecule has 0 aliphatic heterocycles. The third-order valence-corrected chi connectivity index (χ3v) is 4.06. The number of carbonyl (C=O) groups excluding carboxylic acids is 2. The van der Waals surface area contributed by atoms with Crippen LogP contribution in [0.25, 0.3) is 0 Å². The molecule has 0 aliphatic rings. The van der Waals surface area contributed by atoms with Gasteiger partial charge in [0.25, 0.3) is 0 Å². The summed E-state index contributed by atoms with van der Waals surface area (Å²) in [7, 11) is 1.37. The minimum Gasteiger partial charge on any atom is -0.469 e. The van der Waals surface area contributed by atoms with Crippen molar-refractivity contribution in [2.75, 3.05) is 23.9 Å². The number of thioether (sulfide) groups is 1. The first-order valence-electron chi connectivity index (χ1n) is 6.99. The van der Waals surface area contributed by atoms with Crippen molar-refractivity contribution in [3.8, 4) is 0 Å². The summed E-state index contributed by atoms with van der Waals surface area (Å²) in [6.07, 6.45) is 0.329. The second-order valence-electron chi connectivity index (χ2n) is 5.12. The van der Waals surface area contributed by atoms with E-state index >= 15 is 0 Å². The molecule has 1 rings (SSSR count). The number of esters is 1. The molecule has 0 unspecified atom stereocenters. The largest absolute Gasteiger partial charge is 0.469 e. The first kappa shape index (κ1) is 17.6. The van der Waals surface area contributed by atoms with Crippen LogP contribution in [0.3, 0.4) is 0 Å². The Morgan fingerprint density at radius 2 is 2.05 bits per heavy atom. The fourth-order valence-electron chi connectivity index (χ4n) is 1.94. The maximum absolute atomic E-state index is 12.0. The molecule has 0 bridgehead atoms. The second-order valence-corrected chi connectivity index (χ2v) is 6.23. The van der Waals surface area contributed by atoms with Crippen LogP contribution in [0.2, 0.25) is 0 Å². The first-order chi connectivity index (χ1) is 9.95. The zero-order valence-electron chi connectivity index (χ0n) is 13.1. The van der Waals surface area contributed by atoms with Crippen molar-refractivity contribution >= 4 is 29.3 Å². The highest BCUT2D eigenvalue weighted by Crippen LogP contribution is 2.27. The Bertz CT molecular complexity index is 500. The maximum atomic E-state index is 12.0. The molecule has 0 saturated heterocycles. The first-order valence-corrected chi connectivity index (χ1v) is 8.15. The van der Waals surface area contributed by atoms with Gasteiger partial charge in [-0.25, -0.2) is 0 Å². The van der Waals surface area contributed by atoms with Crippen LogP contribution in [0.1, 0.15) is 37.3 Å². The third-order valence-electron chi connectivity index (χ3n) is 3.10. The Kier molecular flexibility index (Phi) is 7.29. The molecule has 5 heteroatoms. The fourth-order valence-corrected chi connectivity index (χ4v) is 2.65. The number of nitrogens with one attached hydrogen (secondary N) is 1. The van der Waals surface area contributed by atoms with Crippen LogP contribution in [0.15, 0.2) is 18.2 Å². The number of aryl methyl sites for hydroxylation is 1. The van der Waals surface area contributed by atoms with Gasteiger partial charge in [0, 0.05) is 11.4 Å². The predicted molar refractivity (Wildman–Crippen MR) is 87.9 cm³/mol. The molecule has 0 radical (unpaired) electrons. The van der Waals surface area contributed by atoms with Crippen LogP contribution in [-0.4, -0.2) is 30.5 Å². The lowest BCUT2D eigenvalue weighted by Crippen LogP contribution is -2.17. The van der Waals surface area contributed by atoms with Crippen molar-refractivity contribution in [3.05, 3.63) is 29.3 Å². The summed E-state index contributed by atoms with van der Waals surface area (Å²) in [6.45, 7) is 6.21. The highest BCUT2D eigenvalue weighted by molar-refractivity contribution is 7.99. The molecule has 116 valence electrons. The number of para-hydroxylation sites is 1. The van der Waals surface area contributed by atoms with Crippen LogP contribution in [0.4, 0.5) is 5.69 Å². The molecule has 0 spiro atoms. The Labute approximate surface area is 130 Å². The average Bonchev–Trinajstić information content (AvgIpc) is 2.45. The Morgan fingerprint density at radius 3 is 2.67 bits per heavy atom. The van der Waals surface area contributed by atoms with E-state index in [1.54, 1.807) is 0 Å². The SMILES string of the molecule is COC(=O)CCSCC(=O)Nc1c(C)cccc1C(C)C. The van der Waals surface area contributed by atoms with Gasteiger partial charge in [-0.3, -0.25) is 9.59 Å². The highest BCUT2D eigenvalue weighted by atomic mass is 32.2. The molecule has 21 heavy (non-hydrogen) atoms. The zero-order valence-corrected chi connectivity index (χ0v) is 13.9. The summed E-state index contributed by atoms with van der Waals surface area (Å²) in [5.74, 6) is 0.991. The Hall–Kier alpha value is -1.49. The lowest BCUT2D eigenvalue weighted by Gasteiger charge is -2.16. The lowest BCUT2D eigenvalue weighted by atomic mass is 9.98. The van der Waals surface area contributed by atoms with Gasteiger partial charge in [0.05, 0.1) is 19.3 Å². The van der Waals surface area contributed by atoms with Crippen molar-refractivity contribution in [3.63, 3.8) is 0 Å². The van der Waals surface area contributed by atoms with E-state index in [4.69, 9.17) is 0 Å². The smallest absolute Gasteiger partial charge is 0.306 e. The number of ether oxygens (including phenoxy) is 1. The van der Waals surface area contributed by atoms with Gasteiger partial charge in [-0.05, 0) is 24.0 Å². The normalized spacial score (nSPS) is 10.5. The molecule has 1 amide bonds. The molecule has 0 atom stereocenters. The van der Waals surface area contributed by atoms with E-state index in [0.717, 1.165) is 16.8 Å². The third kappa shape index (κ3) is 5.79. The number of carbonyl (C=O) groups is 2. The van der Waals surface area contributed by atoms with Crippen LogP contribution < -0.4 is 5.32 Å². The summed E-state index contributed by atoms with van der Waals surface area (Å²) < 4.78 is 4.56. The standard InChI is InChI=1S/C16H23NO3S/c1-11(2)13-7-5-6-12(3)16(13)17-14(18)10-21-9-8-15(19)20-4/h5-7,11H,8-10H2,1-4H3,(H,17,18). The molecular formula is C16H23NO3S. The molecular weight excluding hydrogens is 286 g/mol.